The fourth-order valence-corrected chi connectivity index (χ4v) is 3.27. The van der Waals surface area contributed by atoms with Crippen molar-refractivity contribution < 1.29 is 13.9 Å². The summed E-state index contributed by atoms with van der Waals surface area (Å²) in [4.78, 5) is 24.0. The Morgan fingerprint density at radius 3 is 2.40 bits per heavy atom. The average molecular weight is 420 g/mol. The Balaban J connectivity index is 1.49. The molecule has 1 aromatic heterocycles. The molecule has 6 heteroatoms. The van der Waals surface area contributed by atoms with Gasteiger partial charge in [0.2, 0.25) is 0 Å². The molecular formula is C24H18ClNO4. The van der Waals surface area contributed by atoms with Crippen LogP contribution in [0, 0.1) is 0 Å². The number of carbonyl (C=O) groups excluding carboxylic acids is 1. The number of ether oxygens (including phenoxy) is 1. The topological polar surface area (TPSA) is 68.5 Å². The van der Waals surface area contributed by atoms with Crippen molar-refractivity contribution in [2.24, 2.45) is 0 Å². The number of amides is 1. The summed E-state index contributed by atoms with van der Waals surface area (Å²) in [6.07, 6.45) is 0. The maximum absolute atomic E-state index is 12.6. The van der Waals surface area contributed by atoms with Crippen LogP contribution < -0.4 is 15.7 Å². The number of benzene rings is 3. The lowest BCUT2D eigenvalue weighted by atomic mass is 9.99. The Bertz CT molecular complexity index is 1220. The summed E-state index contributed by atoms with van der Waals surface area (Å²) in [6, 6.07) is 24.8. The summed E-state index contributed by atoms with van der Waals surface area (Å²) in [5.41, 5.74) is 1.82. The predicted molar refractivity (Wildman–Crippen MR) is 116 cm³/mol. The summed E-state index contributed by atoms with van der Waals surface area (Å²) in [6.45, 7) is -0.181. The Labute approximate surface area is 177 Å². The average Bonchev–Trinajstić information content (AvgIpc) is 2.77. The zero-order chi connectivity index (χ0) is 20.9. The third kappa shape index (κ3) is 4.70. The first kappa shape index (κ1) is 19.7. The summed E-state index contributed by atoms with van der Waals surface area (Å²) in [5, 5.41) is 4.41. The van der Waals surface area contributed by atoms with E-state index in [1.54, 1.807) is 36.4 Å². The van der Waals surface area contributed by atoms with Gasteiger partial charge in [-0.2, -0.15) is 0 Å². The molecule has 0 saturated carbocycles. The van der Waals surface area contributed by atoms with Gasteiger partial charge in [0, 0.05) is 22.5 Å². The van der Waals surface area contributed by atoms with E-state index in [2.05, 4.69) is 5.32 Å². The van der Waals surface area contributed by atoms with Crippen LogP contribution in [0.4, 0.5) is 0 Å². The molecule has 0 aliphatic rings. The molecule has 4 aromatic rings. The first-order valence-corrected chi connectivity index (χ1v) is 9.73. The minimum absolute atomic E-state index is 0.181. The normalized spacial score (nSPS) is 11.8. The molecule has 5 nitrogen and oxygen atoms in total. The Morgan fingerprint density at radius 1 is 0.933 bits per heavy atom. The van der Waals surface area contributed by atoms with Crippen LogP contribution in [0.5, 0.6) is 5.75 Å². The number of hydrogen-bond donors (Lipinski definition) is 1. The van der Waals surface area contributed by atoms with Crippen molar-refractivity contribution in [3.8, 4) is 5.75 Å². The third-order valence-corrected chi connectivity index (χ3v) is 4.86. The van der Waals surface area contributed by atoms with Crippen LogP contribution in [-0.4, -0.2) is 12.5 Å². The monoisotopic (exact) mass is 419 g/mol. The van der Waals surface area contributed by atoms with Crippen molar-refractivity contribution in [2.75, 3.05) is 6.61 Å². The number of halogens is 1. The number of fused-ring (bicyclic) bond motifs is 1. The highest BCUT2D eigenvalue weighted by molar-refractivity contribution is 6.30. The van der Waals surface area contributed by atoms with E-state index in [1.807, 2.05) is 42.5 Å². The second kappa shape index (κ2) is 8.84. The van der Waals surface area contributed by atoms with Gasteiger partial charge in [-0.25, -0.2) is 4.79 Å². The Hall–Kier alpha value is -3.57. The van der Waals surface area contributed by atoms with E-state index < -0.39 is 5.63 Å². The lowest BCUT2D eigenvalue weighted by Crippen LogP contribution is -2.33. The summed E-state index contributed by atoms with van der Waals surface area (Å²) >= 11 is 6.00. The molecule has 0 radical (unpaired) electrons. The number of nitrogens with one attached hydrogen (secondary N) is 1. The van der Waals surface area contributed by atoms with E-state index in [0.717, 1.165) is 16.5 Å². The number of carbonyl (C=O) groups is 1. The molecule has 0 fully saturated rings. The van der Waals surface area contributed by atoms with Crippen LogP contribution in [0.25, 0.3) is 11.0 Å². The van der Waals surface area contributed by atoms with E-state index in [-0.39, 0.29) is 18.6 Å². The first-order chi connectivity index (χ1) is 14.6. The molecule has 0 aliphatic heterocycles. The second-order valence-electron chi connectivity index (χ2n) is 6.71. The van der Waals surface area contributed by atoms with Crippen molar-refractivity contribution >= 4 is 28.5 Å². The predicted octanol–water partition coefficient (Wildman–Crippen LogP) is 4.73. The van der Waals surface area contributed by atoms with Gasteiger partial charge in [-0.1, -0.05) is 54.1 Å². The van der Waals surface area contributed by atoms with E-state index in [4.69, 9.17) is 20.8 Å². The molecule has 30 heavy (non-hydrogen) atoms. The van der Waals surface area contributed by atoms with Gasteiger partial charge < -0.3 is 14.5 Å². The first-order valence-electron chi connectivity index (χ1n) is 9.35. The van der Waals surface area contributed by atoms with E-state index >= 15 is 0 Å². The van der Waals surface area contributed by atoms with Crippen molar-refractivity contribution in [1.82, 2.24) is 5.32 Å². The van der Waals surface area contributed by atoms with Crippen LogP contribution in [-0.2, 0) is 4.79 Å². The SMILES string of the molecule is O=C(COc1ccc2ccc(=O)oc2c1)NC(c1ccccc1)c1ccc(Cl)cc1. The van der Waals surface area contributed by atoms with Crippen LogP contribution in [0.2, 0.25) is 5.02 Å². The van der Waals surface area contributed by atoms with Gasteiger partial charge in [0.25, 0.3) is 5.91 Å². The van der Waals surface area contributed by atoms with Crippen molar-refractivity contribution in [1.29, 1.82) is 0 Å². The van der Waals surface area contributed by atoms with Crippen molar-refractivity contribution in [2.45, 2.75) is 6.04 Å². The van der Waals surface area contributed by atoms with Crippen LogP contribution in [0.15, 0.2) is 94.1 Å². The van der Waals surface area contributed by atoms with Gasteiger partial charge in [-0.15, -0.1) is 0 Å². The minimum atomic E-state index is -0.439. The lowest BCUT2D eigenvalue weighted by molar-refractivity contribution is -0.123. The fourth-order valence-electron chi connectivity index (χ4n) is 3.14. The highest BCUT2D eigenvalue weighted by Gasteiger charge is 2.17. The maximum atomic E-state index is 12.6. The molecule has 3 aromatic carbocycles. The summed E-state index contributed by atoms with van der Waals surface area (Å²) in [7, 11) is 0. The Kier molecular flexibility index (Phi) is 5.82. The zero-order valence-electron chi connectivity index (χ0n) is 15.9. The van der Waals surface area contributed by atoms with Gasteiger partial charge in [0.05, 0.1) is 6.04 Å². The molecule has 0 saturated heterocycles. The number of hydrogen-bond acceptors (Lipinski definition) is 4. The van der Waals surface area contributed by atoms with Crippen LogP contribution in [0.1, 0.15) is 17.2 Å². The number of rotatable bonds is 6. The van der Waals surface area contributed by atoms with Crippen LogP contribution >= 0.6 is 11.6 Å². The lowest BCUT2D eigenvalue weighted by Gasteiger charge is -2.20. The third-order valence-electron chi connectivity index (χ3n) is 4.61. The highest BCUT2D eigenvalue weighted by atomic mass is 35.5. The largest absolute Gasteiger partial charge is 0.484 e. The van der Waals surface area contributed by atoms with E-state index in [9.17, 15) is 9.59 Å². The molecule has 1 unspecified atom stereocenters. The van der Waals surface area contributed by atoms with E-state index in [0.29, 0.717) is 16.4 Å². The molecule has 1 N–H and O–H groups in total. The molecule has 4 rings (SSSR count). The molecule has 1 amide bonds. The smallest absolute Gasteiger partial charge is 0.336 e. The van der Waals surface area contributed by atoms with Crippen molar-refractivity contribution in [3.63, 3.8) is 0 Å². The van der Waals surface area contributed by atoms with Gasteiger partial charge in [-0.05, 0) is 41.5 Å². The molecule has 1 atom stereocenters. The maximum Gasteiger partial charge on any atom is 0.336 e. The zero-order valence-corrected chi connectivity index (χ0v) is 16.6. The molecule has 0 bridgehead atoms. The second-order valence-corrected chi connectivity index (χ2v) is 7.14. The minimum Gasteiger partial charge on any atom is -0.484 e. The molecular weight excluding hydrogens is 402 g/mol. The molecule has 150 valence electrons. The summed E-state index contributed by atoms with van der Waals surface area (Å²) in [5.74, 6) is 0.156. The van der Waals surface area contributed by atoms with Gasteiger partial charge >= 0.3 is 5.63 Å². The van der Waals surface area contributed by atoms with Gasteiger partial charge in [0.1, 0.15) is 11.3 Å². The fraction of sp³-hybridized carbons (Fsp3) is 0.0833. The molecule has 0 spiro atoms. The van der Waals surface area contributed by atoms with Gasteiger partial charge in [-0.3, -0.25) is 4.79 Å². The Morgan fingerprint density at radius 2 is 1.63 bits per heavy atom. The quantitative estimate of drug-likeness (QED) is 0.459. The van der Waals surface area contributed by atoms with Gasteiger partial charge in [0.15, 0.2) is 6.61 Å². The van der Waals surface area contributed by atoms with Crippen molar-refractivity contribution in [3.05, 3.63) is 111 Å². The van der Waals surface area contributed by atoms with Crippen LogP contribution in [0.3, 0.4) is 0 Å². The highest BCUT2D eigenvalue weighted by Crippen LogP contribution is 2.24. The van der Waals surface area contributed by atoms with E-state index in [1.165, 1.54) is 6.07 Å². The molecule has 0 aliphatic carbocycles. The molecule has 1 heterocycles. The standard InChI is InChI=1S/C24H18ClNO4/c25-19-10-6-18(7-11-19)24(17-4-2-1-3-5-17)26-22(27)15-29-20-12-8-16-9-13-23(28)30-21(16)14-20/h1-14,24H,15H2,(H,26,27). The summed E-state index contributed by atoms with van der Waals surface area (Å²) < 4.78 is 10.8.